The Morgan fingerprint density at radius 2 is 2.19 bits per heavy atom. The molecule has 0 spiro atoms. The van der Waals surface area contributed by atoms with Gasteiger partial charge in [0.25, 0.3) is 0 Å². The van der Waals surface area contributed by atoms with Crippen molar-refractivity contribution in [1.82, 2.24) is 14.7 Å². The van der Waals surface area contributed by atoms with Crippen molar-refractivity contribution in [2.45, 2.75) is 39.3 Å². The van der Waals surface area contributed by atoms with Gasteiger partial charge in [-0.15, -0.1) is 12.4 Å². The zero-order valence-electron chi connectivity index (χ0n) is 12.1. The first-order chi connectivity index (χ1) is 9.40. The highest BCUT2D eigenvalue weighted by Crippen LogP contribution is 2.22. The molecule has 0 aliphatic carbocycles. The average molecular weight is 318 g/mol. The van der Waals surface area contributed by atoms with Gasteiger partial charge in [-0.25, -0.2) is 0 Å². The van der Waals surface area contributed by atoms with Gasteiger partial charge in [-0.1, -0.05) is 0 Å². The minimum absolute atomic E-state index is 0. The maximum atomic E-state index is 12.0. The van der Waals surface area contributed by atoms with E-state index in [-0.39, 0.29) is 36.5 Å². The van der Waals surface area contributed by atoms with Crippen molar-refractivity contribution in [1.29, 1.82) is 0 Å². The molecule has 1 aliphatic heterocycles. The summed E-state index contributed by atoms with van der Waals surface area (Å²) < 4.78 is 1.53. The molecule has 21 heavy (non-hydrogen) atoms. The number of nitrogens with zero attached hydrogens (tertiary/aromatic N) is 4. The fourth-order valence-electron chi connectivity index (χ4n) is 2.54. The number of hydrogen-bond donors (Lipinski definition) is 1. The normalized spacial score (nSPS) is 17.7. The third-order valence-corrected chi connectivity index (χ3v) is 3.64. The third kappa shape index (κ3) is 3.70. The first-order valence-electron chi connectivity index (χ1n) is 6.62. The molecule has 2 heterocycles. The number of aromatic nitrogens is 2. The van der Waals surface area contributed by atoms with E-state index in [0.29, 0.717) is 31.0 Å². The van der Waals surface area contributed by atoms with Crippen molar-refractivity contribution in [2.75, 3.05) is 13.1 Å². The van der Waals surface area contributed by atoms with Crippen LogP contribution in [-0.2, 0) is 11.3 Å². The highest BCUT2D eigenvalue weighted by atomic mass is 35.5. The molecule has 1 fully saturated rings. The predicted octanol–water partition coefficient (Wildman–Crippen LogP) is 0.780. The predicted molar refractivity (Wildman–Crippen MR) is 79.4 cm³/mol. The van der Waals surface area contributed by atoms with E-state index in [1.165, 1.54) is 4.68 Å². The average Bonchev–Trinajstić information content (AvgIpc) is 2.90. The zero-order valence-corrected chi connectivity index (χ0v) is 12.9. The van der Waals surface area contributed by atoms with Crippen LogP contribution in [0.3, 0.4) is 0 Å². The van der Waals surface area contributed by atoms with Crippen LogP contribution in [0.25, 0.3) is 0 Å². The van der Waals surface area contributed by atoms with Crippen LogP contribution in [0.15, 0.2) is 0 Å². The molecule has 1 aliphatic rings. The highest BCUT2D eigenvalue weighted by Gasteiger charge is 2.25. The smallest absolute Gasteiger partial charge is 0.312 e. The summed E-state index contributed by atoms with van der Waals surface area (Å²) in [7, 11) is 0. The van der Waals surface area contributed by atoms with Crippen LogP contribution in [0, 0.1) is 24.0 Å². The van der Waals surface area contributed by atoms with Gasteiger partial charge in [-0.05, 0) is 20.3 Å². The Bertz CT molecular complexity index is 545. The molecule has 1 amide bonds. The van der Waals surface area contributed by atoms with E-state index >= 15 is 0 Å². The van der Waals surface area contributed by atoms with Gasteiger partial charge in [-0.3, -0.25) is 19.6 Å². The van der Waals surface area contributed by atoms with Crippen LogP contribution in [0.2, 0.25) is 0 Å². The Balaban J connectivity index is 0.00000220. The van der Waals surface area contributed by atoms with Gasteiger partial charge in [-0.2, -0.15) is 5.10 Å². The zero-order chi connectivity index (χ0) is 14.9. The molecule has 9 heteroatoms. The number of nitro groups is 1. The standard InChI is InChI=1S/C12H19N5O3.ClH/c1-8-12(17(19)20)9(2)16(14-8)6-4-11(18)15-5-3-10(13)7-15;/h10H,3-7,13H2,1-2H3;1H/t10-;/m1./s1. The lowest BCUT2D eigenvalue weighted by Crippen LogP contribution is -2.32. The Morgan fingerprint density at radius 3 is 2.67 bits per heavy atom. The largest absolute Gasteiger partial charge is 0.341 e. The molecule has 0 radical (unpaired) electrons. The summed E-state index contributed by atoms with van der Waals surface area (Å²) in [5.41, 5.74) is 6.66. The minimum atomic E-state index is -0.435. The van der Waals surface area contributed by atoms with Crippen LogP contribution in [0.4, 0.5) is 5.69 Å². The number of aryl methyl sites for hydroxylation is 2. The van der Waals surface area contributed by atoms with Crippen molar-refractivity contribution in [2.24, 2.45) is 5.73 Å². The van der Waals surface area contributed by atoms with Crippen LogP contribution < -0.4 is 5.73 Å². The van der Waals surface area contributed by atoms with Crippen LogP contribution in [0.5, 0.6) is 0 Å². The Kier molecular flexibility index (Phi) is 5.68. The van der Waals surface area contributed by atoms with E-state index in [9.17, 15) is 14.9 Å². The lowest BCUT2D eigenvalue weighted by atomic mass is 10.3. The number of halogens is 1. The molecule has 0 bridgehead atoms. The number of rotatable bonds is 4. The molecule has 0 saturated carbocycles. The number of carbonyl (C=O) groups is 1. The Morgan fingerprint density at radius 1 is 1.52 bits per heavy atom. The summed E-state index contributed by atoms with van der Waals surface area (Å²) >= 11 is 0. The maximum absolute atomic E-state index is 12.0. The summed E-state index contributed by atoms with van der Waals surface area (Å²) in [6, 6.07) is 0.0636. The van der Waals surface area contributed by atoms with E-state index < -0.39 is 4.92 Å². The number of amides is 1. The maximum Gasteiger partial charge on any atom is 0.312 e. The molecule has 0 aromatic carbocycles. The summed E-state index contributed by atoms with van der Waals surface area (Å²) in [6.07, 6.45) is 1.11. The van der Waals surface area contributed by atoms with Gasteiger partial charge in [0.05, 0.1) is 11.5 Å². The van der Waals surface area contributed by atoms with Crippen LogP contribution in [0.1, 0.15) is 24.2 Å². The number of nitrogens with two attached hydrogens (primary N) is 1. The van der Waals surface area contributed by atoms with E-state index in [2.05, 4.69) is 5.10 Å². The van der Waals surface area contributed by atoms with Gasteiger partial charge < -0.3 is 10.6 Å². The number of carbonyl (C=O) groups excluding carboxylic acids is 1. The second-order valence-corrected chi connectivity index (χ2v) is 5.14. The molecule has 8 nitrogen and oxygen atoms in total. The molecular formula is C12H20ClN5O3. The van der Waals surface area contributed by atoms with Gasteiger partial charge in [0.1, 0.15) is 11.4 Å². The molecule has 1 atom stereocenters. The van der Waals surface area contributed by atoms with Gasteiger partial charge in [0.15, 0.2) is 0 Å². The van der Waals surface area contributed by atoms with Gasteiger partial charge in [0, 0.05) is 25.6 Å². The van der Waals surface area contributed by atoms with Gasteiger partial charge in [0.2, 0.25) is 5.91 Å². The van der Waals surface area contributed by atoms with Gasteiger partial charge >= 0.3 is 5.69 Å². The Hall–Kier alpha value is -1.67. The summed E-state index contributed by atoms with van der Waals surface area (Å²) in [6.45, 7) is 4.88. The van der Waals surface area contributed by atoms with Crippen molar-refractivity contribution in [3.63, 3.8) is 0 Å². The monoisotopic (exact) mass is 317 g/mol. The van der Waals surface area contributed by atoms with Crippen molar-refractivity contribution in [3.8, 4) is 0 Å². The quantitative estimate of drug-likeness (QED) is 0.652. The van der Waals surface area contributed by atoms with Crippen molar-refractivity contribution < 1.29 is 9.72 Å². The molecular weight excluding hydrogens is 298 g/mol. The second-order valence-electron chi connectivity index (χ2n) is 5.14. The topological polar surface area (TPSA) is 107 Å². The molecule has 118 valence electrons. The molecule has 2 rings (SSSR count). The van der Waals surface area contributed by atoms with E-state index in [1.807, 2.05) is 0 Å². The second kappa shape index (κ2) is 6.86. The fourth-order valence-corrected chi connectivity index (χ4v) is 2.54. The van der Waals surface area contributed by atoms with E-state index in [4.69, 9.17) is 5.73 Å². The molecule has 1 aromatic heterocycles. The lowest BCUT2D eigenvalue weighted by Gasteiger charge is -2.15. The summed E-state index contributed by atoms with van der Waals surface area (Å²) in [4.78, 5) is 24.2. The first-order valence-corrected chi connectivity index (χ1v) is 6.62. The van der Waals surface area contributed by atoms with Crippen LogP contribution in [-0.4, -0.2) is 44.6 Å². The highest BCUT2D eigenvalue weighted by molar-refractivity contribution is 5.85. The lowest BCUT2D eigenvalue weighted by molar-refractivity contribution is -0.386. The van der Waals surface area contributed by atoms with E-state index in [0.717, 1.165) is 6.42 Å². The van der Waals surface area contributed by atoms with Crippen molar-refractivity contribution >= 4 is 24.0 Å². The fraction of sp³-hybridized carbons (Fsp3) is 0.667. The number of likely N-dealkylation sites (tertiary alicyclic amines) is 1. The van der Waals surface area contributed by atoms with Crippen LogP contribution >= 0.6 is 12.4 Å². The third-order valence-electron chi connectivity index (χ3n) is 3.64. The molecule has 2 N–H and O–H groups in total. The molecule has 1 aromatic rings. The molecule has 0 unspecified atom stereocenters. The summed E-state index contributed by atoms with van der Waals surface area (Å²) in [5.74, 6) is 0.0214. The molecule has 1 saturated heterocycles. The van der Waals surface area contributed by atoms with E-state index in [1.54, 1.807) is 18.7 Å². The Labute approximate surface area is 128 Å². The number of hydrogen-bond acceptors (Lipinski definition) is 5. The summed E-state index contributed by atoms with van der Waals surface area (Å²) in [5, 5.41) is 15.0. The SMILES string of the molecule is Cc1nn(CCC(=O)N2CC[C@@H](N)C2)c(C)c1[N+](=O)[O-].Cl. The minimum Gasteiger partial charge on any atom is -0.341 e. The first kappa shape index (κ1) is 17.4. The van der Waals surface area contributed by atoms with Crippen molar-refractivity contribution in [3.05, 3.63) is 21.5 Å².